The van der Waals surface area contributed by atoms with Crippen molar-refractivity contribution >= 4 is 5.82 Å². The van der Waals surface area contributed by atoms with Gasteiger partial charge in [0.1, 0.15) is 23.9 Å². The van der Waals surface area contributed by atoms with Gasteiger partial charge in [0, 0.05) is 111 Å². The molecule has 2 aliphatic heterocycles. The molecule has 0 unspecified atom stereocenters. The second kappa shape index (κ2) is 38.0. The number of alkyl halides is 2. The SMILES string of the molecule is CC(C)(C)NCC(F)(F)COCCCCN1CCN(CCOC(C)(C)C)CC1.CC(C)(C)NCCCOC(C)(C)C.CC(C)(C)NCCCOc1ccc(C(C)(C)C)nc1.CC(C)(C)NCCCOc1ccc(N2CCN(C(C)(C)C)CC2)nc1. The number of piperazine rings is 2. The Labute approximate surface area is 520 Å². The van der Waals surface area contributed by atoms with E-state index in [4.69, 9.17) is 23.7 Å². The van der Waals surface area contributed by atoms with Crippen molar-refractivity contribution in [1.29, 1.82) is 0 Å². The second-order valence-corrected chi connectivity index (χ2v) is 31.2. The Morgan fingerprint density at radius 2 is 0.882 bits per heavy atom. The van der Waals surface area contributed by atoms with Crippen LogP contribution in [-0.4, -0.2) is 201 Å². The summed E-state index contributed by atoms with van der Waals surface area (Å²) in [6, 6.07) is 8.17. The van der Waals surface area contributed by atoms with E-state index in [2.05, 4.69) is 202 Å². The molecule has 4 heterocycles. The van der Waals surface area contributed by atoms with Crippen LogP contribution in [0.5, 0.6) is 11.5 Å². The number of halogens is 2. The van der Waals surface area contributed by atoms with Crippen LogP contribution in [0.4, 0.5) is 14.6 Å². The molecule has 85 heavy (non-hydrogen) atoms. The molecule has 0 radical (unpaired) electrons. The van der Waals surface area contributed by atoms with Gasteiger partial charge in [0.2, 0.25) is 0 Å². The summed E-state index contributed by atoms with van der Waals surface area (Å²) in [6.07, 6.45) is 8.54. The van der Waals surface area contributed by atoms with Gasteiger partial charge in [-0.1, -0.05) is 20.8 Å². The summed E-state index contributed by atoms with van der Waals surface area (Å²) in [6.45, 7) is 67.1. The molecule has 15 nitrogen and oxygen atoms in total. The van der Waals surface area contributed by atoms with E-state index < -0.39 is 12.5 Å². The Balaban J connectivity index is 0.000000586. The molecule has 0 amide bonds. The molecule has 2 saturated heterocycles. The molecule has 0 aliphatic carbocycles. The quantitative estimate of drug-likeness (QED) is 0.0632. The average Bonchev–Trinajstić information content (AvgIpc) is 3.52. The lowest BCUT2D eigenvalue weighted by molar-refractivity contribution is -0.0781. The first-order valence-corrected chi connectivity index (χ1v) is 32.3. The molecular formula is C68H132F2N10O5. The van der Waals surface area contributed by atoms with Gasteiger partial charge >= 0.3 is 0 Å². The van der Waals surface area contributed by atoms with Crippen molar-refractivity contribution in [3.63, 3.8) is 0 Å². The minimum Gasteiger partial charge on any atom is -0.492 e. The Morgan fingerprint density at radius 1 is 0.447 bits per heavy atom. The van der Waals surface area contributed by atoms with Crippen LogP contribution in [0.1, 0.15) is 204 Å². The van der Waals surface area contributed by atoms with Gasteiger partial charge in [-0.25, -0.2) is 13.8 Å². The third kappa shape index (κ3) is 46.0. The van der Waals surface area contributed by atoms with Crippen molar-refractivity contribution in [3.05, 3.63) is 42.4 Å². The number of hydrogen-bond donors (Lipinski definition) is 4. The normalized spacial score (nSPS) is 15.8. The number of nitrogens with zero attached hydrogens (tertiary/aromatic N) is 6. The first kappa shape index (κ1) is 80.2. The number of anilines is 1. The first-order valence-electron chi connectivity index (χ1n) is 32.3. The van der Waals surface area contributed by atoms with Crippen molar-refractivity contribution < 1.29 is 32.5 Å². The smallest absolute Gasteiger partial charge is 0.283 e. The van der Waals surface area contributed by atoms with Crippen LogP contribution in [0.25, 0.3) is 0 Å². The number of aromatic nitrogens is 2. The minimum absolute atomic E-state index is 0.00172. The summed E-state index contributed by atoms with van der Waals surface area (Å²) in [5.41, 5.74) is 1.62. The van der Waals surface area contributed by atoms with Gasteiger partial charge in [-0.05, 0) is 228 Å². The van der Waals surface area contributed by atoms with E-state index in [1.54, 1.807) is 0 Å². The largest absolute Gasteiger partial charge is 0.492 e. The van der Waals surface area contributed by atoms with E-state index >= 15 is 0 Å². The van der Waals surface area contributed by atoms with Crippen LogP contribution in [0.2, 0.25) is 0 Å². The molecule has 0 spiro atoms. The van der Waals surface area contributed by atoms with Crippen LogP contribution in [0.15, 0.2) is 36.7 Å². The molecule has 0 bridgehead atoms. The van der Waals surface area contributed by atoms with Crippen molar-refractivity contribution in [2.24, 2.45) is 0 Å². The minimum atomic E-state index is -2.82. The zero-order valence-electron chi connectivity index (χ0n) is 59.1. The number of rotatable bonds is 27. The predicted octanol–water partition coefficient (Wildman–Crippen LogP) is 12.5. The van der Waals surface area contributed by atoms with E-state index in [9.17, 15) is 8.78 Å². The Bertz CT molecular complexity index is 1960. The number of ether oxygens (including phenoxy) is 5. The highest BCUT2D eigenvalue weighted by molar-refractivity contribution is 5.41. The van der Waals surface area contributed by atoms with E-state index in [0.717, 1.165) is 160 Å². The maximum Gasteiger partial charge on any atom is 0.283 e. The van der Waals surface area contributed by atoms with Gasteiger partial charge < -0.3 is 54.8 Å². The summed E-state index contributed by atoms with van der Waals surface area (Å²) >= 11 is 0. The van der Waals surface area contributed by atoms with Crippen LogP contribution in [0, 0.1) is 0 Å². The fourth-order valence-electron chi connectivity index (χ4n) is 8.45. The second-order valence-electron chi connectivity index (χ2n) is 31.2. The molecule has 0 saturated carbocycles. The van der Waals surface area contributed by atoms with Crippen LogP contribution < -0.4 is 35.6 Å². The zero-order chi connectivity index (χ0) is 64.8. The molecule has 2 aromatic heterocycles. The summed E-state index contributed by atoms with van der Waals surface area (Å²) in [5.74, 6) is -0.0627. The van der Waals surface area contributed by atoms with Gasteiger partial charge in [0.05, 0.1) is 50.0 Å². The number of unbranched alkanes of at least 4 members (excludes halogenated alkanes) is 1. The lowest BCUT2D eigenvalue weighted by Crippen LogP contribution is -2.53. The summed E-state index contributed by atoms with van der Waals surface area (Å²) in [5, 5.41) is 13.2. The van der Waals surface area contributed by atoms with Gasteiger partial charge in [0.15, 0.2) is 0 Å². The number of pyridine rings is 2. The number of hydrogen-bond acceptors (Lipinski definition) is 15. The summed E-state index contributed by atoms with van der Waals surface area (Å²) in [4.78, 5) is 18.8. The van der Waals surface area contributed by atoms with E-state index in [1.807, 2.05) is 51.4 Å². The van der Waals surface area contributed by atoms with Gasteiger partial charge in [-0.2, -0.15) is 0 Å². The molecule has 4 N–H and O–H groups in total. The predicted molar refractivity (Wildman–Crippen MR) is 356 cm³/mol. The first-order chi connectivity index (χ1) is 38.9. The fourth-order valence-corrected chi connectivity index (χ4v) is 8.45. The van der Waals surface area contributed by atoms with E-state index in [0.29, 0.717) is 13.2 Å². The average molecular weight is 1210 g/mol. The zero-order valence-corrected chi connectivity index (χ0v) is 59.1. The van der Waals surface area contributed by atoms with E-state index in [1.165, 1.54) is 0 Å². The molecule has 0 aromatic carbocycles. The molecule has 2 aliphatic rings. The van der Waals surface area contributed by atoms with Gasteiger partial charge in [-0.15, -0.1) is 0 Å². The van der Waals surface area contributed by atoms with E-state index in [-0.39, 0.29) is 50.9 Å². The molecule has 2 fully saturated rings. The highest BCUT2D eigenvalue weighted by atomic mass is 19.3. The third-order valence-corrected chi connectivity index (χ3v) is 13.4. The fraction of sp³-hybridized carbons (Fsp3) is 0.853. The molecular weight excluding hydrogens is 1070 g/mol. The van der Waals surface area contributed by atoms with Crippen molar-refractivity contribution in [2.45, 2.75) is 249 Å². The molecule has 17 heteroatoms. The monoisotopic (exact) mass is 1210 g/mol. The maximum absolute atomic E-state index is 13.7. The Hall–Kier alpha value is -2.84. The third-order valence-electron chi connectivity index (χ3n) is 13.4. The van der Waals surface area contributed by atoms with Crippen molar-refractivity contribution in [1.82, 2.24) is 45.9 Å². The van der Waals surface area contributed by atoms with Crippen LogP contribution in [0.3, 0.4) is 0 Å². The molecule has 4 rings (SSSR count). The highest BCUT2D eigenvalue weighted by Gasteiger charge is 2.31. The van der Waals surface area contributed by atoms with Crippen molar-refractivity contribution in [2.75, 3.05) is 136 Å². The van der Waals surface area contributed by atoms with Crippen LogP contribution in [-0.2, 0) is 19.6 Å². The lowest BCUT2D eigenvalue weighted by Gasteiger charge is -2.42. The van der Waals surface area contributed by atoms with Crippen molar-refractivity contribution in [3.8, 4) is 11.5 Å². The number of nitrogens with one attached hydrogen (secondary N) is 4. The molecule has 0 atom stereocenters. The Kier molecular flexibility index (Phi) is 35.8. The van der Waals surface area contributed by atoms with Crippen LogP contribution >= 0.6 is 0 Å². The lowest BCUT2D eigenvalue weighted by atomic mass is 9.92. The summed E-state index contributed by atoms with van der Waals surface area (Å²) < 4.78 is 55.6. The highest BCUT2D eigenvalue weighted by Crippen LogP contribution is 2.23. The van der Waals surface area contributed by atoms with Gasteiger partial charge in [0.25, 0.3) is 5.92 Å². The van der Waals surface area contributed by atoms with Gasteiger partial charge in [-0.3, -0.25) is 14.8 Å². The molecule has 2 aromatic rings. The Morgan fingerprint density at radius 3 is 1.28 bits per heavy atom. The molecule has 498 valence electrons. The standard InChI is InChI=1S/C21H43F2N3O2.C20H36N4O.C16H28N2O.C11H25NO/c1-19(2,3)24-17-21(22,23)18-27-15-8-7-9-25-10-12-26(13-11-25)14-16-28-20(4,5)6;1-19(2,3)22-10-7-15-25-17-8-9-18(21-16-17)23-11-13-24(14-12-23)20(4,5)6;1-15(2,3)14-9-8-13(12-17-14)19-11-7-10-18-16(4,5)6;1-10(2,3)12-8-7-9-13-11(4,5)6/h24H,7-18H2,1-6H3;8-9,16,22H,7,10-15H2,1-6H3;8-9,12,18H,7,10-11H2,1-6H3;12H,7-9H2,1-6H3. The summed E-state index contributed by atoms with van der Waals surface area (Å²) in [7, 11) is 0. The maximum atomic E-state index is 13.7. The topological polar surface area (TPSA) is 133 Å².